The zero-order chi connectivity index (χ0) is 42.5. The second-order valence-corrected chi connectivity index (χ2v) is 15.9. The molecule has 2 saturated heterocycles. The number of imidazole rings is 2. The Morgan fingerprint density at radius 3 is 1.83 bits per heavy atom. The number of hydrogen-bond acceptors (Lipinski definition) is 9. The molecule has 2 aliphatic rings. The molecule has 15 heteroatoms. The van der Waals surface area contributed by atoms with Crippen molar-refractivity contribution < 1.29 is 28.7 Å². The standard InChI is InChI=1S/C45H53N9O6/c1-26(2)36(51-44(57)59-5)42(55)53-22-10-13-34(53)40-47-23-33(48-40)30-18-14-28(15-19-30)29-16-20-32(21-17-29)39-38(31-11-8-7-9-12-31)49-41(50-39)35-24-46-25-54(35)43(56)37(27(3)4)52-45(58)60-6/h7-9,11-12,14-21,23,26-27,34-37,46H,10,13,22,24-25H2,1-6H3,(H,47,48)(H,49,50)(H,51,57)(H,52,58). The summed E-state index contributed by atoms with van der Waals surface area (Å²) in [5.74, 6) is 0.723. The molecule has 15 nitrogen and oxygen atoms in total. The van der Waals surface area contributed by atoms with Crippen molar-refractivity contribution in [2.75, 3.05) is 34.0 Å². The Morgan fingerprint density at radius 1 is 0.683 bits per heavy atom. The van der Waals surface area contributed by atoms with E-state index >= 15 is 0 Å². The van der Waals surface area contributed by atoms with E-state index in [1.165, 1.54) is 14.2 Å². The van der Waals surface area contributed by atoms with E-state index in [0.717, 1.165) is 57.7 Å². The predicted molar refractivity (Wildman–Crippen MR) is 227 cm³/mol. The lowest BCUT2D eigenvalue weighted by molar-refractivity contribution is -0.136. The van der Waals surface area contributed by atoms with Gasteiger partial charge in [0.05, 0.1) is 50.2 Å². The molecule has 4 amide bonds. The number of methoxy groups -OCH3 is 2. The number of ether oxygens (including phenoxy) is 2. The van der Waals surface area contributed by atoms with Gasteiger partial charge in [-0.05, 0) is 41.4 Å². The highest BCUT2D eigenvalue weighted by Crippen LogP contribution is 2.36. The maximum atomic E-state index is 13.8. The van der Waals surface area contributed by atoms with Crippen LogP contribution in [0.2, 0.25) is 0 Å². The Bertz CT molecular complexity index is 2290. The summed E-state index contributed by atoms with van der Waals surface area (Å²) in [5.41, 5.74) is 7.37. The van der Waals surface area contributed by atoms with Crippen LogP contribution in [-0.4, -0.2) is 99.8 Å². The average molecular weight is 816 g/mol. The zero-order valence-corrected chi connectivity index (χ0v) is 34.8. The van der Waals surface area contributed by atoms with Crippen LogP contribution < -0.4 is 16.0 Å². The van der Waals surface area contributed by atoms with Gasteiger partial charge in [-0.15, -0.1) is 0 Å². The summed E-state index contributed by atoms with van der Waals surface area (Å²) in [5, 5.41) is 8.71. The summed E-state index contributed by atoms with van der Waals surface area (Å²) in [4.78, 5) is 71.9. The highest BCUT2D eigenvalue weighted by molar-refractivity contribution is 5.87. The fourth-order valence-corrected chi connectivity index (χ4v) is 7.98. The number of benzene rings is 3. The van der Waals surface area contributed by atoms with Crippen molar-refractivity contribution >= 4 is 24.0 Å². The van der Waals surface area contributed by atoms with Gasteiger partial charge < -0.3 is 39.9 Å². The third-order valence-corrected chi connectivity index (χ3v) is 11.3. The van der Waals surface area contributed by atoms with Gasteiger partial charge in [0.1, 0.15) is 29.8 Å². The number of amides is 4. The topological polar surface area (TPSA) is 187 Å². The SMILES string of the molecule is COC(=O)NC(C(=O)N1CCCC1c1ncc(-c2ccc(-c3ccc(-c4[nH]c(C5CNCN5C(=O)C(NC(=O)OC)C(C)C)nc4-c4ccccc4)cc3)cc2)[nH]1)C(C)C. The van der Waals surface area contributed by atoms with Crippen LogP contribution in [-0.2, 0) is 19.1 Å². The first kappa shape index (κ1) is 41.7. The molecule has 0 saturated carbocycles. The number of aromatic amines is 2. The molecule has 314 valence electrons. The number of rotatable bonds is 12. The van der Waals surface area contributed by atoms with Crippen LogP contribution in [0.3, 0.4) is 0 Å². The van der Waals surface area contributed by atoms with E-state index in [4.69, 9.17) is 19.4 Å². The van der Waals surface area contributed by atoms with Crippen molar-refractivity contribution in [2.45, 2.75) is 64.7 Å². The fourth-order valence-electron chi connectivity index (χ4n) is 7.98. The lowest BCUT2D eigenvalue weighted by Gasteiger charge is -2.30. The van der Waals surface area contributed by atoms with E-state index in [9.17, 15) is 19.2 Å². The molecule has 0 spiro atoms. The van der Waals surface area contributed by atoms with Gasteiger partial charge in [0.25, 0.3) is 0 Å². The normalized spacial score (nSPS) is 17.5. The number of nitrogens with zero attached hydrogens (tertiary/aromatic N) is 4. The zero-order valence-electron chi connectivity index (χ0n) is 34.8. The first-order chi connectivity index (χ1) is 29.0. The first-order valence-electron chi connectivity index (χ1n) is 20.4. The molecule has 2 fully saturated rings. The lowest BCUT2D eigenvalue weighted by Crippen LogP contribution is -2.51. The number of H-pyrrole nitrogens is 2. The minimum Gasteiger partial charge on any atom is -0.453 e. The van der Waals surface area contributed by atoms with E-state index < -0.39 is 24.3 Å². The molecular formula is C45H53N9O6. The van der Waals surface area contributed by atoms with E-state index in [2.05, 4.69) is 74.4 Å². The predicted octanol–water partition coefficient (Wildman–Crippen LogP) is 6.66. The van der Waals surface area contributed by atoms with Gasteiger partial charge in [-0.25, -0.2) is 19.6 Å². The molecule has 7 rings (SSSR count). The van der Waals surface area contributed by atoms with Gasteiger partial charge in [0.2, 0.25) is 11.8 Å². The monoisotopic (exact) mass is 815 g/mol. The van der Waals surface area contributed by atoms with Crippen molar-refractivity contribution in [1.29, 1.82) is 0 Å². The average Bonchev–Trinajstić information content (AvgIpc) is 4.11. The smallest absolute Gasteiger partial charge is 0.407 e. The molecule has 5 N–H and O–H groups in total. The molecule has 2 aliphatic heterocycles. The number of carbonyl (C=O) groups excluding carboxylic acids is 4. The number of likely N-dealkylation sites (tertiary alicyclic amines) is 1. The lowest BCUT2D eigenvalue weighted by atomic mass is 9.99. The summed E-state index contributed by atoms with van der Waals surface area (Å²) in [6.07, 6.45) is 2.13. The van der Waals surface area contributed by atoms with Crippen LogP contribution in [0.15, 0.2) is 85.1 Å². The van der Waals surface area contributed by atoms with E-state index in [0.29, 0.717) is 31.4 Å². The molecule has 4 atom stereocenters. The molecule has 2 aromatic heterocycles. The Kier molecular flexibility index (Phi) is 12.6. The van der Waals surface area contributed by atoms with Gasteiger partial charge in [-0.3, -0.25) is 14.9 Å². The third kappa shape index (κ3) is 8.76. The number of hydrogen-bond donors (Lipinski definition) is 5. The maximum absolute atomic E-state index is 13.8. The van der Waals surface area contributed by atoms with Crippen molar-refractivity contribution in [3.05, 3.63) is 96.7 Å². The molecule has 3 aromatic carbocycles. The number of carbonyl (C=O) groups is 4. The summed E-state index contributed by atoms with van der Waals surface area (Å²) in [6, 6.07) is 24.4. The van der Waals surface area contributed by atoms with Crippen LogP contribution in [0.1, 0.15) is 64.3 Å². The van der Waals surface area contributed by atoms with Crippen LogP contribution in [0.4, 0.5) is 9.59 Å². The Morgan fingerprint density at radius 2 is 1.25 bits per heavy atom. The summed E-state index contributed by atoms with van der Waals surface area (Å²) < 4.78 is 9.57. The molecule has 0 bridgehead atoms. The Labute approximate surface area is 349 Å². The van der Waals surface area contributed by atoms with Crippen molar-refractivity contribution in [3.8, 4) is 44.9 Å². The van der Waals surface area contributed by atoms with Crippen LogP contribution in [0, 0.1) is 11.8 Å². The minimum absolute atomic E-state index is 0.114. The number of alkyl carbamates (subject to hydrolysis) is 2. The van der Waals surface area contributed by atoms with Crippen LogP contribution in [0.5, 0.6) is 0 Å². The van der Waals surface area contributed by atoms with E-state index in [-0.39, 0.29) is 35.7 Å². The minimum atomic E-state index is -0.761. The summed E-state index contributed by atoms with van der Waals surface area (Å²) in [7, 11) is 2.57. The van der Waals surface area contributed by atoms with Crippen molar-refractivity contribution in [2.24, 2.45) is 11.8 Å². The molecule has 4 heterocycles. The third-order valence-electron chi connectivity index (χ3n) is 11.3. The quantitative estimate of drug-likeness (QED) is 0.0919. The largest absolute Gasteiger partial charge is 0.453 e. The van der Waals surface area contributed by atoms with Crippen LogP contribution >= 0.6 is 0 Å². The Balaban J connectivity index is 1.09. The second kappa shape index (κ2) is 18.2. The molecule has 0 aliphatic carbocycles. The summed E-state index contributed by atoms with van der Waals surface area (Å²) >= 11 is 0. The maximum Gasteiger partial charge on any atom is 0.407 e. The molecular weight excluding hydrogens is 763 g/mol. The van der Waals surface area contributed by atoms with Gasteiger partial charge in [0, 0.05) is 24.2 Å². The fraction of sp³-hybridized carbons (Fsp3) is 0.378. The van der Waals surface area contributed by atoms with Gasteiger partial charge >= 0.3 is 12.2 Å². The number of nitrogens with one attached hydrogen (secondary N) is 5. The molecule has 5 aromatic rings. The number of aromatic nitrogens is 4. The highest BCUT2D eigenvalue weighted by Gasteiger charge is 2.39. The van der Waals surface area contributed by atoms with Crippen LogP contribution in [0.25, 0.3) is 44.9 Å². The van der Waals surface area contributed by atoms with Gasteiger partial charge in [-0.1, -0.05) is 107 Å². The van der Waals surface area contributed by atoms with Crippen molar-refractivity contribution in [1.82, 2.24) is 45.7 Å². The first-order valence-corrected chi connectivity index (χ1v) is 20.4. The molecule has 0 radical (unpaired) electrons. The van der Waals surface area contributed by atoms with Gasteiger partial charge in [0.15, 0.2) is 0 Å². The van der Waals surface area contributed by atoms with Gasteiger partial charge in [-0.2, -0.15) is 0 Å². The Hall–Kier alpha value is -6.48. The summed E-state index contributed by atoms with van der Waals surface area (Å²) in [6.45, 7) is 8.97. The van der Waals surface area contributed by atoms with E-state index in [1.807, 2.05) is 58.0 Å². The molecule has 60 heavy (non-hydrogen) atoms. The van der Waals surface area contributed by atoms with Crippen molar-refractivity contribution in [3.63, 3.8) is 0 Å². The second-order valence-electron chi connectivity index (χ2n) is 15.9. The van der Waals surface area contributed by atoms with E-state index in [1.54, 1.807) is 16.0 Å². The highest BCUT2D eigenvalue weighted by atomic mass is 16.5. The molecule has 4 unspecified atom stereocenters.